The van der Waals surface area contributed by atoms with Gasteiger partial charge in [-0.1, -0.05) is 141 Å². The number of para-hydroxylation sites is 1. The Morgan fingerprint density at radius 2 is 0.958 bits per heavy atom. The summed E-state index contributed by atoms with van der Waals surface area (Å²) in [6.45, 7) is 4.63. The normalized spacial score (nSPS) is 13.0. The molecule has 48 heavy (non-hydrogen) atoms. The number of hydrogen-bond acceptors (Lipinski definition) is 5. The number of nitrogens with zero attached hydrogens (tertiary/aromatic N) is 4. The molecule has 0 spiro atoms. The van der Waals surface area contributed by atoms with Crippen molar-refractivity contribution in [1.29, 1.82) is 0 Å². The fourth-order valence-electron chi connectivity index (χ4n) is 6.87. The molecule has 6 aromatic carbocycles. The Morgan fingerprint density at radius 1 is 0.417 bits per heavy atom. The van der Waals surface area contributed by atoms with Crippen molar-refractivity contribution in [3.05, 3.63) is 157 Å². The quantitative estimate of drug-likeness (QED) is 0.189. The second kappa shape index (κ2) is 11.2. The summed E-state index contributed by atoms with van der Waals surface area (Å²) in [7, 11) is 0. The fourth-order valence-corrected chi connectivity index (χ4v) is 7.86. The van der Waals surface area contributed by atoms with Crippen LogP contribution in [0.15, 0.2) is 146 Å². The zero-order valence-corrected chi connectivity index (χ0v) is 27.4. The van der Waals surface area contributed by atoms with Gasteiger partial charge < -0.3 is 0 Å². The van der Waals surface area contributed by atoms with E-state index in [4.69, 9.17) is 19.9 Å². The maximum Gasteiger partial charge on any atom is 0.166 e. The predicted molar refractivity (Wildman–Crippen MR) is 198 cm³/mol. The number of rotatable bonds is 5. The lowest BCUT2D eigenvalue weighted by Gasteiger charge is -2.21. The van der Waals surface area contributed by atoms with Gasteiger partial charge in [0, 0.05) is 27.7 Å². The lowest BCUT2D eigenvalue weighted by Crippen LogP contribution is -2.14. The van der Waals surface area contributed by atoms with Gasteiger partial charge in [-0.3, -0.25) is 0 Å². The molecule has 0 aliphatic heterocycles. The van der Waals surface area contributed by atoms with E-state index in [-0.39, 0.29) is 5.41 Å². The second-order valence-corrected chi connectivity index (χ2v) is 13.7. The average molecular weight is 635 g/mol. The van der Waals surface area contributed by atoms with Crippen LogP contribution in [0, 0.1) is 0 Å². The molecule has 2 heterocycles. The van der Waals surface area contributed by atoms with Crippen LogP contribution >= 0.6 is 11.3 Å². The summed E-state index contributed by atoms with van der Waals surface area (Å²) in [5.41, 5.74) is 12.4. The van der Waals surface area contributed by atoms with Crippen LogP contribution in [0.5, 0.6) is 0 Å². The van der Waals surface area contributed by atoms with E-state index in [1.165, 1.54) is 27.8 Å². The van der Waals surface area contributed by atoms with E-state index >= 15 is 0 Å². The van der Waals surface area contributed by atoms with Gasteiger partial charge in [-0.2, -0.15) is 0 Å². The first-order chi connectivity index (χ1) is 23.5. The summed E-state index contributed by atoms with van der Waals surface area (Å²) in [6.07, 6.45) is 0. The minimum atomic E-state index is -0.0712. The highest BCUT2D eigenvalue weighted by molar-refractivity contribution is 7.21. The third-order valence-corrected chi connectivity index (χ3v) is 10.5. The van der Waals surface area contributed by atoms with E-state index in [0.717, 1.165) is 43.0 Å². The van der Waals surface area contributed by atoms with Crippen LogP contribution in [0.3, 0.4) is 0 Å². The molecular weight excluding hydrogens is 605 g/mol. The van der Waals surface area contributed by atoms with Crippen LogP contribution in [0.4, 0.5) is 0 Å². The van der Waals surface area contributed by atoms with Crippen LogP contribution in [0.2, 0.25) is 0 Å². The van der Waals surface area contributed by atoms with Gasteiger partial charge in [0.05, 0.1) is 10.2 Å². The molecule has 0 atom stereocenters. The van der Waals surface area contributed by atoms with Gasteiger partial charge in [-0.05, 0) is 51.6 Å². The van der Waals surface area contributed by atoms with Gasteiger partial charge in [0.15, 0.2) is 17.5 Å². The predicted octanol–water partition coefficient (Wildman–Crippen LogP) is 11.1. The number of thiazole rings is 1. The summed E-state index contributed by atoms with van der Waals surface area (Å²) in [5.74, 6) is 1.88. The molecule has 2 aromatic heterocycles. The molecule has 0 radical (unpaired) electrons. The van der Waals surface area contributed by atoms with E-state index in [2.05, 4.69) is 123 Å². The Labute approximate surface area is 283 Å². The molecule has 0 bridgehead atoms. The van der Waals surface area contributed by atoms with Crippen LogP contribution in [0.1, 0.15) is 25.0 Å². The summed E-state index contributed by atoms with van der Waals surface area (Å²) in [6, 6.07) is 50.8. The van der Waals surface area contributed by atoms with E-state index in [1.807, 2.05) is 36.4 Å². The van der Waals surface area contributed by atoms with Crippen molar-refractivity contribution < 1.29 is 0 Å². The van der Waals surface area contributed by atoms with Crippen LogP contribution in [-0.2, 0) is 5.41 Å². The zero-order chi connectivity index (χ0) is 32.2. The van der Waals surface area contributed by atoms with Crippen molar-refractivity contribution in [2.75, 3.05) is 0 Å². The maximum atomic E-state index is 5.25. The first-order valence-electron chi connectivity index (χ1n) is 16.1. The van der Waals surface area contributed by atoms with Crippen LogP contribution < -0.4 is 0 Å². The van der Waals surface area contributed by atoms with Crippen LogP contribution in [0.25, 0.3) is 77.2 Å². The lowest BCUT2D eigenvalue weighted by atomic mass is 9.82. The molecule has 0 N–H and O–H groups in total. The summed E-state index contributed by atoms with van der Waals surface area (Å²) >= 11 is 1.71. The lowest BCUT2D eigenvalue weighted by molar-refractivity contribution is 0.660. The maximum absolute atomic E-state index is 5.25. The van der Waals surface area contributed by atoms with E-state index in [9.17, 15) is 0 Å². The molecule has 5 heteroatoms. The standard InChI is InChI=1S/C43H30N4S/c1-43(2)35-18-10-9-16-32(35)33-25-24-31(26-36(33)43)42-44-38-34(17-11-19-37(38)48-42)41-46-39(29-14-7-4-8-15-29)45-40(47-41)30-22-20-28(21-23-30)27-12-5-3-6-13-27/h3-26H,1-2H3. The topological polar surface area (TPSA) is 51.6 Å². The van der Waals surface area contributed by atoms with E-state index in [0.29, 0.717) is 17.5 Å². The number of aromatic nitrogens is 4. The third kappa shape index (κ3) is 4.74. The Bertz CT molecular complexity index is 2460. The van der Waals surface area contributed by atoms with Crippen molar-refractivity contribution in [3.8, 4) is 67.0 Å². The number of fused-ring (bicyclic) bond motifs is 4. The SMILES string of the molecule is CC1(C)c2ccccc2-c2ccc(-c3nc4c(-c5nc(-c6ccccc6)nc(-c6ccc(-c7ccccc7)cc6)n5)cccc4s3)cc21. The van der Waals surface area contributed by atoms with Gasteiger partial charge in [0.1, 0.15) is 5.01 Å². The smallest absolute Gasteiger partial charge is 0.166 e. The van der Waals surface area contributed by atoms with Gasteiger partial charge in [0.2, 0.25) is 0 Å². The van der Waals surface area contributed by atoms with Gasteiger partial charge in [-0.25, -0.2) is 19.9 Å². The third-order valence-electron chi connectivity index (χ3n) is 9.41. The molecule has 0 unspecified atom stereocenters. The number of hydrogen-bond donors (Lipinski definition) is 0. The van der Waals surface area contributed by atoms with Crippen molar-refractivity contribution in [2.45, 2.75) is 19.3 Å². The fraction of sp³-hybridized carbons (Fsp3) is 0.0698. The van der Waals surface area contributed by atoms with Gasteiger partial charge in [-0.15, -0.1) is 11.3 Å². The molecule has 4 nitrogen and oxygen atoms in total. The molecule has 8 aromatic rings. The Morgan fingerprint density at radius 3 is 1.71 bits per heavy atom. The molecule has 9 rings (SSSR count). The van der Waals surface area contributed by atoms with Gasteiger partial charge >= 0.3 is 0 Å². The zero-order valence-electron chi connectivity index (χ0n) is 26.6. The largest absolute Gasteiger partial charge is 0.235 e. The molecular formula is C43H30N4S. The molecule has 1 aliphatic rings. The van der Waals surface area contributed by atoms with Crippen molar-refractivity contribution in [2.24, 2.45) is 0 Å². The van der Waals surface area contributed by atoms with Crippen molar-refractivity contribution in [3.63, 3.8) is 0 Å². The summed E-state index contributed by atoms with van der Waals surface area (Å²) < 4.78 is 1.10. The van der Waals surface area contributed by atoms with Crippen LogP contribution in [-0.4, -0.2) is 19.9 Å². The molecule has 0 amide bonds. The Balaban J connectivity index is 1.15. The highest BCUT2D eigenvalue weighted by Gasteiger charge is 2.35. The summed E-state index contributed by atoms with van der Waals surface area (Å²) in [5, 5.41) is 0.987. The monoisotopic (exact) mass is 634 g/mol. The first kappa shape index (κ1) is 28.4. The minimum Gasteiger partial charge on any atom is -0.235 e. The van der Waals surface area contributed by atoms with Crippen molar-refractivity contribution in [1.82, 2.24) is 19.9 Å². The molecule has 1 aliphatic carbocycles. The molecule has 0 fully saturated rings. The Kier molecular flexibility index (Phi) is 6.63. The summed E-state index contributed by atoms with van der Waals surface area (Å²) in [4.78, 5) is 20.3. The highest BCUT2D eigenvalue weighted by atomic mass is 32.1. The second-order valence-electron chi connectivity index (χ2n) is 12.7. The average Bonchev–Trinajstić information content (AvgIpc) is 3.69. The molecule has 228 valence electrons. The Hall–Kier alpha value is -5.78. The number of benzene rings is 6. The highest BCUT2D eigenvalue weighted by Crippen LogP contribution is 2.50. The minimum absolute atomic E-state index is 0.0712. The van der Waals surface area contributed by atoms with E-state index in [1.54, 1.807) is 11.3 Å². The van der Waals surface area contributed by atoms with Crippen molar-refractivity contribution >= 4 is 21.6 Å². The van der Waals surface area contributed by atoms with Gasteiger partial charge in [0.25, 0.3) is 0 Å². The van der Waals surface area contributed by atoms with E-state index < -0.39 is 0 Å². The molecule has 0 saturated carbocycles. The molecule has 0 saturated heterocycles. The first-order valence-corrected chi connectivity index (χ1v) is 17.0.